The van der Waals surface area contributed by atoms with Crippen LogP contribution >= 0.6 is 11.3 Å². The van der Waals surface area contributed by atoms with Gasteiger partial charge >= 0.3 is 5.97 Å². The van der Waals surface area contributed by atoms with Crippen LogP contribution in [0, 0.1) is 11.3 Å². The predicted molar refractivity (Wildman–Crippen MR) is 97.0 cm³/mol. The summed E-state index contributed by atoms with van der Waals surface area (Å²) in [5, 5.41) is 26.6. The Hall–Kier alpha value is -3.58. The molecule has 0 atom stereocenters. The molecule has 0 unspecified atom stereocenters. The molecule has 0 fully saturated rings. The van der Waals surface area contributed by atoms with Crippen LogP contribution in [-0.4, -0.2) is 42.2 Å². The molecule has 0 bridgehead atoms. The highest BCUT2D eigenvalue weighted by Gasteiger charge is 2.20. The fraction of sp³-hybridized carbons (Fsp3) is 0.176. The number of hydrogen-bond donors (Lipinski definition) is 0. The molecule has 0 aliphatic carbocycles. The van der Waals surface area contributed by atoms with E-state index < -0.39 is 5.97 Å². The third kappa shape index (κ3) is 2.94. The molecule has 27 heavy (non-hydrogen) atoms. The van der Waals surface area contributed by atoms with Gasteiger partial charge in [-0.15, -0.1) is 10.2 Å². The van der Waals surface area contributed by atoms with E-state index in [1.807, 2.05) is 25.5 Å². The highest BCUT2D eigenvalue weighted by Crippen LogP contribution is 2.33. The minimum Gasteiger partial charge on any atom is -0.461 e. The maximum atomic E-state index is 11.9. The maximum absolute atomic E-state index is 11.9. The van der Waals surface area contributed by atoms with Gasteiger partial charge in [-0.05, 0) is 13.0 Å². The van der Waals surface area contributed by atoms with Crippen molar-refractivity contribution in [1.82, 2.24) is 29.6 Å². The Balaban J connectivity index is 1.91. The summed E-state index contributed by atoms with van der Waals surface area (Å²) in [7, 11) is 1.83. The number of carbonyl (C=O) groups is 1. The molecule has 4 aromatic heterocycles. The Labute approximate surface area is 157 Å². The summed E-state index contributed by atoms with van der Waals surface area (Å²) in [4.78, 5) is 11.9. The van der Waals surface area contributed by atoms with Crippen molar-refractivity contribution in [3.05, 3.63) is 41.4 Å². The summed E-state index contributed by atoms with van der Waals surface area (Å²) in [6.07, 6.45) is 6.94. The molecule has 4 aromatic rings. The van der Waals surface area contributed by atoms with Crippen molar-refractivity contribution in [3.8, 4) is 27.8 Å². The smallest absolute Gasteiger partial charge is 0.369 e. The normalized spacial score (nSPS) is 10.9. The van der Waals surface area contributed by atoms with Crippen LogP contribution in [0.2, 0.25) is 0 Å². The molecule has 0 N–H and O–H groups in total. The van der Waals surface area contributed by atoms with Gasteiger partial charge in [-0.2, -0.15) is 15.5 Å². The Morgan fingerprint density at radius 1 is 1.26 bits per heavy atom. The number of nitrogens with zero attached hydrogens (tertiary/aromatic N) is 7. The van der Waals surface area contributed by atoms with Gasteiger partial charge in [-0.1, -0.05) is 11.3 Å². The maximum Gasteiger partial charge on any atom is 0.369 e. The summed E-state index contributed by atoms with van der Waals surface area (Å²) < 4.78 is 8.31. The van der Waals surface area contributed by atoms with Crippen molar-refractivity contribution in [2.45, 2.75) is 6.92 Å². The Morgan fingerprint density at radius 2 is 2.11 bits per heavy atom. The average Bonchev–Trinajstić information content (AvgIpc) is 3.40. The third-order valence-corrected chi connectivity index (χ3v) is 4.81. The highest BCUT2D eigenvalue weighted by atomic mass is 32.1. The second-order valence-corrected chi connectivity index (χ2v) is 6.62. The molecule has 0 aliphatic heterocycles. The number of hydrogen-bond acceptors (Lipinski definition) is 8. The number of ether oxygens (including phenoxy) is 1. The number of carbonyl (C=O) groups excluding carboxylic acids is 1. The molecule has 4 heterocycles. The summed E-state index contributed by atoms with van der Waals surface area (Å²) in [6, 6.07) is 4.03. The molecule has 0 amide bonds. The number of pyridine rings is 1. The van der Waals surface area contributed by atoms with Gasteiger partial charge in [-0.25, -0.2) is 9.31 Å². The SMILES string of the molecule is CCOC(=O)c1nnc(-c2cc(-c3cnn(C)c3)cn3ncc(C#N)c23)s1. The molecular weight excluding hydrogens is 366 g/mol. The molecule has 0 saturated carbocycles. The zero-order valence-electron chi connectivity index (χ0n) is 14.4. The first kappa shape index (κ1) is 16.9. The molecule has 134 valence electrons. The van der Waals surface area contributed by atoms with E-state index in [9.17, 15) is 10.1 Å². The molecule has 9 nitrogen and oxygen atoms in total. The first-order chi connectivity index (χ1) is 13.1. The van der Waals surface area contributed by atoms with E-state index in [2.05, 4.69) is 26.5 Å². The lowest BCUT2D eigenvalue weighted by molar-refractivity contribution is 0.0525. The largest absolute Gasteiger partial charge is 0.461 e. The second-order valence-electron chi connectivity index (χ2n) is 5.64. The molecular formula is C17H13N7O2S. The summed E-state index contributed by atoms with van der Waals surface area (Å²) in [6.45, 7) is 1.99. The number of aryl methyl sites for hydroxylation is 1. The lowest BCUT2D eigenvalue weighted by Crippen LogP contribution is -2.03. The van der Waals surface area contributed by atoms with E-state index in [0.29, 0.717) is 21.7 Å². The fourth-order valence-electron chi connectivity index (χ4n) is 2.70. The van der Waals surface area contributed by atoms with Crippen molar-refractivity contribution in [2.75, 3.05) is 6.61 Å². The monoisotopic (exact) mass is 379 g/mol. The van der Waals surface area contributed by atoms with Crippen LogP contribution in [0.25, 0.3) is 27.2 Å². The standard InChI is InChI=1S/C17H13N7O2S/c1-3-26-17(25)16-22-21-15(27-16)13-4-10(12-7-19-23(2)8-12)9-24-14(13)11(5-18)6-20-24/h4,6-9H,3H2,1-2H3. The van der Waals surface area contributed by atoms with Crippen molar-refractivity contribution >= 4 is 22.8 Å². The minimum absolute atomic E-state index is 0.162. The fourth-order valence-corrected chi connectivity index (χ4v) is 3.46. The number of rotatable bonds is 4. The number of aromatic nitrogens is 6. The van der Waals surface area contributed by atoms with E-state index in [1.165, 1.54) is 6.20 Å². The van der Waals surface area contributed by atoms with Gasteiger partial charge in [0.1, 0.15) is 6.07 Å². The first-order valence-electron chi connectivity index (χ1n) is 8.02. The molecule has 0 aromatic carbocycles. The van der Waals surface area contributed by atoms with Crippen LogP contribution in [0.15, 0.2) is 30.9 Å². The van der Waals surface area contributed by atoms with Crippen molar-refractivity contribution in [1.29, 1.82) is 5.26 Å². The third-order valence-electron chi connectivity index (χ3n) is 3.88. The zero-order chi connectivity index (χ0) is 19.0. The van der Waals surface area contributed by atoms with Crippen LogP contribution in [0.1, 0.15) is 22.3 Å². The van der Waals surface area contributed by atoms with E-state index in [0.717, 1.165) is 22.5 Å². The summed E-state index contributed by atoms with van der Waals surface area (Å²) in [5.74, 6) is -0.519. The van der Waals surface area contributed by atoms with Crippen LogP contribution in [0.4, 0.5) is 0 Å². The number of fused-ring (bicyclic) bond motifs is 1. The lowest BCUT2D eigenvalue weighted by atomic mass is 10.1. The second kappa shape index (κ2) is 6.62. The van der Waals surface area contributed by atoms with Crippen LogP contribution in [0.3, 0.4) is 0 Å². The van der Waals surface area contributed by atoms with Gasteiger partial charge in [0.25, 0.3) is 0 Å². The highest BCUT2D eigenvalue weighted by molar-refractivity contribution is 7.16. The van der Waals surface area contributed by atoms with Gasteiger partial charge in [-0.3, -0.25) is 4.68 Å². The van der Waals surface area contributed by atoms with Gasteiger partial charge in [0.05, 0.1) is 30.1 Å². The summed E-state index contributed by atoms with van der Waals surface area (Å²) >= 11 is 1.11. The van der Waals surface area contributed by atoms with Crippen LogP contribution < -0.4 is 0 Å². The van der Waals surface area contributed by atoms with Gasteiger partial charge in [0.2, 0.25) is 5.01 Å². The average molecular weight is 379 g/mol. The van der Waals surface area contributed by atoms with Gasteiger partial charge in [0.15, 0.2) is 5.01 Å². The number of nitriles is 1. The van der Waals surface area contributed by atoms with Crippen LogP contribution in [-0.2, 0) is 11.8 Å². The molecule has 4 rings (SSSR count). The first-order valence-corrected chi connectivity index (χ1v) is 8.84. The minimum atomic E-state index is -0.519. The Morgan fingerprint density at radius 3 is 2.81 bits per heavy atom. The van der Waals surface area contributed by atoms with Crippen molar-refractivity contribution in [2.24, 2.45) is 7.05 Å². The predicted octanol–water partition coefficient (Wildman–Crippen LogP) is 2.30. The van der Waals surface area contributed by atoms with Gasteiger partial charge < -0.3 is 4.74 Å². The van der Waals surface area contributed by atoms with E-state index in [1.54, 1.807) is 22.3 Å². The Bertz CT molecular complexity index is 1200. The van der Waals surface area contributed by atoms with Crippen molar-refractivity contribution < 1.29 is 9.53 Å². The number of esters is 1. The zero-order valence-corrected chi connectivity index (χ0v) is 15.3. The molecule has 0 spiro atoms. The van der Waals surface area contributed by atoms with E-state index in [-0.39, 0.29) is 11.6 Å². The topological polar surface area (TPSA) is 111 Å². The molecule has 0 aliphatic rings. The van der Waals surface area contributed by atoms with Crippen molar-refractivity contribution in [3.63, 3.8) is 0 Å². The van der Waals surface area contributed by atoms with E-state index >= 15 is 0 Å². The van der Waals surface area contributed by atoms with Gasteiger partial charge in [0, 0.05) is 36.1 Å². The molecule has 0 saturated heterocycles. The quantitative estimate of drug-likeness (QED) is 0.500. The lowest BCUT2D eigenvalue weighted by Gasteiger charge is -2.05. The molecule has 10 heteroatoms. The Kier molecular flexibility index (Phi) is 4.13. The van der Waals surface area contributed by atoms with E-state index in [4.69, 9.17) is 4.74 Å². The summed E-state index contributed by atoms with van der Waals surface area (Å²) in [5.41, 5.74) is 3.43. The molecule has 0 radical (unpaired) electrons. The van der Waals surface area contributed by atoms with Crippen LogP contribution in [0.5, 0.6) is 0 Å².